The Balaban J connectivity index is 1.95. The predicted octanol–water partition coefficient (Wildman–Crippen LogP) is 3.63. The number of benzene rings is 2. The molecule has 0 bridgehead atoms. The highest BCUT2D eigenvalue weighted by atomic mass is 35.5. The Bertz CT molecular complexity index is 623. The van der Waals surface area contributed by atoms with Gasteiger partial charge >= 0.3 is 0 Å². The second-order valence-corrected chi connectivity index (χ2v) is 5.27. The van der Waals surface area contributed by atoms with E-state index in [2.05, 4.69) is 36.5 Å². The molecule has 2 aromatic rings. The maximum absolute atomic E-state index is 12.2. The Labute approximate surface area is 129 Å². The third kappa shape index (κ3) is 4.23. The summed E-state index contributed by atoms with van der Waals surface area (Å²) >= 11 is 5.93. The molecule has 0 saturated heterocycles. The van der Waals surface area contributed by atoms with Crippen molar-refractivity contribution in [2.24, 2.45) is 0 Å². The largest absolute Gasteiger partial charge is 0.496 e. The molecule has 0 radical (unpaired) electrons. The van der Waals surface area contributed by atoms with Gasteiger partial charge in [-0.1, -0.05) is 41.4 Å². The second kappa shape index (κ2) is 7.14. The number of methoxy groups -OCH3 is 1. The van der Waals surface area contributed by atoms with Crippen LogP contribution >= 0.6 is 11.6 Å². The van der Waals surface area contributed by atoms with Gasteiger partial charge in [-0.25, -0.2) is 0 Å². The molecule has 0 saturated carbocycles. The highest BCUT2D eigenvalue weighted by Gasteiger charge is 2.12. The average Bonchev–Trinajstić information content (AvgIpc) is 2.49. The van der Waals surface area contributed by atoms with E-state index in [4.69, 9.17) is 16.3 Å². The third-order valence-electron chi connectivity index (χ3n) is 3.23. The number of carbonyl (C=O) groups excluding carboxylic acids is 1. The summed E-state index contributed by atoms with van der Waals surface area (Å²) in [4.78, 5) is 12.2. The lowest BCUT2D eigenvalue weighted by Crippen LogP contribution is -2.26. The van der Waals surface area contributed by atoms with Crippen molar-refractivity contribution in [1.82, 2.24) is 5.32 Å². The van der Waals surface area contributed by atoms with E-state index in [1.165, 1.54) is 18.2 Å². The highest BCUT2D eigenvalue weighted by molar-refractivity contribution is 6.31. The summed E-state index contributed by atoms with van der Waals surface area (Å²) < 4.78 is 5.18. The monoisotopic (exact) mass is 303 g/mol. The van der Waals surface area contributed by atoms with Gasteiger partial charge in [0.1, 0.15) is 5.75 Å². The van der Waals surface area contributed by atoms with E-state index in [1.807, 2.05) is 0 Å². The molecule has 1 amide bonds. The fourth-order valence-corrected chi connectivity index (χ4v) is 2.20. The Morgan fingerprint density at radius 2 is 1.90 bits per heavy atom. The molecule has 2 aromatic carbocycles. The molecule has 0 aliphatic carbocycles. The normalized spacial score (nSPS) is 10.2. The van der Waals surface area contributed by atoms with Crippen LogP contribution in [0.1, 0.15) is 21.5 Å². The molecule has 110 valence electrons. The quantitative estimate of drug-likeness (QED) is 0.916. The molecule has 0 aromatic heterocycles. The number of amides is 1. The van der Waals surface area contributed by atoms with Gasteiger partial charge in [0.25, 0.3) is 5.91 Å². The SMILES string of the molecule is COc1ccc(Cl)cc1C(=O)NCCc1ccc(C)cc1. The molecule has 1 N–H and O–H groups in total. The van der Waals surface area contributed by atoms with Crippen LogP contribution in [0.25, 0.3) is 0 Å². The summed E-state index contributed by atoms with van der Waals surface area (Å²) in [5.74, 6) is 0.341. The number of rotatable bonds is 5. The zero-order valence-corrected chi connectivity index (χ0v) is 12.9. The minimum Gasteiger partial charge on any atom is -0.496 e. The standard InChI is InChI=1S/C17H18ClNO2/c1-12-3-5-13(6-4-12)9-10-19-17(20)15-11-14(18)7-8-16(15)21-2/h3-8,11H,9-10H2,1-2H3,(H,19,20). The molecule has 0 unspecified atom stereocenters. The molecular weight excluding hydrogens is 286 g/mol. The first kappa shape index (κ1) is 15.4. The van der Waals surface area contributed by atoms with Crippen LogP contribution in [-0.4, -0.2) is 19.6 Å². The summed E-state index contributed by atoms with van der Waals surface area (Å²) in [5.41, 5.74) is 2.87. The van der Waals surface area contributed by atoms with E-state index in [-0.39, 0.29) is 5.91 Å². The molecule has 0 heterocycles. The van der Waals surface area contributed by atoms with E-state index < -0.39 is 0 Å². The zero-order chi connectivity index (χ0) is 15.2. The lowest BCUT2D eigenvalue weighted by Gasteiger charge is -2.10. The van der Waals surface area contributed by atoms with Crippen molar-refractivity contribution in [3.05, 3.63) is 64.2 Å². The van der Waals surface area contributed by atoms with Crippen molar-refractivity contribution >= 4 is 17.5 Å². The van der Waals surface area contributed by atoms with Gasteiger partial charge in [-0.2, -0.15) is 0 Å². The first-order chi connectivity index (χ1) is 10.1. The Morgan fingerprint density at radius 3 is 2.57 bits per heavy atom. The number of hydrogen-bond donors (Lipinski definition) is 1. The van der Waals surface area contributed by atoms with Crippen molar-refractivity contribution in [3.8, 4) is 5.75 Å². The van der Waals surface area contributed by atoms with Crippen molar-refractivity contribution in [2.45, 2.75) is 13.3 Å². The molecule has 3 nitrogen and oxygen atoms in total. The van der Waals surface area contributed by atoms with Crippen LogP contribution in [-0.2, 0) is 6.42 Å². The summed E-state index contributed by atoms with van der Waals surface area (Å²) in [6, 6.07) is 13.3. The van der Waals surface area contributed by atoms with Crippen molar-refractivity contribution in [2.75, 3.05) is 13.7 Å². The van der Waals surface area contributed by atoms with E-state index in [0.29, 0.717) is 22.9 Å². The van der Waals surface area contributed by atoms with Gasteiger partial charge in [-0.15, -0.1) is 0 Å². The van der Waals surface area contributed by atoms with E-state index in [1.54, 1.807) is 18.2 Å². The fourth-order valence-electron chi connectivity index (χ4n) is 2.03. The lowest BCUT2D eigenvalue weighted by atomic mass is 10.1. The molecule has 0 aliphatic rings. The summed E-state index contributed by atoms with van der Waals surface area (Å²) in [5, 5.41) is 3.40. The Morgan fingerprint density at radius 1 is 1.19 bits per heavy atom. The molecule has 0 atom stereocenters. The first-order valence-corrected chi connectivity index (χ1v) is 7.15. The lowest BCUT2D eigenvalue weighted by molar-refractivity contribution is 0.0951. The molecule has 0 spiro atoms. The number of hydrogen-bond acceptors (Lipinski definition) is 2. The highest BCUT2D eigenvalue weighted by Crippen LogP contribution is 2.22. The van der Waals surface area contributed by atoms with Gasteiger partial charge in [-0.05, 0) is 37.1 Å². The predicted molar refractivity (Wildman–Crippen MR) is 85.2 cm³/mol. The van der Waals surface area contributed by atoms with E-state index >= 15 is 0 Å². The van der Waals surface area contributed by atoms with Crippen LogP contribution in [0, 0.1) is 6.92 Å². The summed E-state index contributed by atoms with van der Waals surface area (Å²) in [7, 11) is 1.53. The van der Waals surface area contributed by atoms with Crippen LogP contribution in [0.2, 0.25) is 5.02 Å². The number of ether oxygens (including phenoxy) is 1. The van der Waals surface area contributed by atoms with Gasteiger partial charge in [0.2, 0.25) is 0 Å². The average molecular weight is 304 g/mol. The topological polar surface area (TPSA) is 38.3 Å². The molecule has 0 aliphatic heterocycles. The first-order valence-electron chi connectivity index (χ1n) is 6.77. The maximum atomic E-state index is 12.2. The molecule has 2 rings (SSSR count). The second-order valence-electron chi connectivity index (χ2n) is 4.84. The van der Waals surface area contributed by atoms with Crippen LogP contribution < -0.4 is 10.1 Å². The fraction of sp³-hybridized carbons (Fsp3) is 0.235. The number of halogens is 1. The maximum Gasteiger partial charge on any atom is 0.255 e. The van der Waals surface area contributed by atoms with Gasteiger partial charge in [0.15, 0.2) is 0 Å². The summed E-state index contributed by atoms with van der Waals surface area (Å²) in [6.07, 6.45) is 0.787. The van der Waals surface area contributed by atoms with Gasteiger partial charge in [0, 0.05) is 11.6 Å². The minimum atomic E-state index is -0.179. The van der Waals surface area contributed by atoms with Crippen LogP contribution in [0.4, 0.5) is 0 Å². The smallest absolute Gasteiger partial charge is 0.255 e. The van der Waals surface area contributed by atoms with Gasteiger partial charge in [-0.3, -0.25) is 4.79 Å². The van der Waals surface area contributed by atoms with Gasteiger partial charge < -0.3 is 10.1 Å². The minimum absolute atomic E-state index is 0.179. The number of nitrogens with one attached hydrogen (secondary N) is 1. The van der Waals surface area contributed by atoms with Crippen LogP contribution in [0.15, 0.2) is 42.5 Å². The van der Waals surface area contributed by atoms with Gasteiger partial charge in [0.05, 0.1) is 12.7 Å². The third-order valence-corrected chi connectivity index (χ3v) is 3.46. The Hall–Kier alpha value is -2.00. The molecule has 21 heavy (non-hydrogen) atoms. The van der Waals surface area contributed by atoms with Crippen molar-refractivity contribution in [3.63, 3.8) is 0 Å². The number of aryl methyl sites for hydroxylation is 1. The molecular formula is C17H18ClNO2. The Kier molecular flexibility index (Phi) is 5.23. The van der Waals surface area contributed by atoms with Crippen LogP contribution in [0.5, 0.6) is 5.75 Å². The number of carbonyl (C=O) groups is 1. The van der Waals surface area contributed by atoms with Crippen molar-refractivity contribution in [1.29, 1.82) is 0 Å². The van der Waals surface area contributed by atoms with E-state index in [9.17, 15) is 4.79 Å². The zero-order valence-electron chi connectivity index (χ0n) is 12.2. The molecule has 4 heteroatoms. The van der Waals surface area contributed by atoms with E-state index in [0.717, 1.165) is 6.42 Å². The van der Waals surface area contributed by atoms with Crippen molar-refractivity contribution < 1.29 is 9.53 Å². The van der Waals surface area contributed by atoms with Crippen LogP contribution in [0.3, 0.4) is 0 Å². The molecule has 0 fully saturated rings. The summed E-state index contributed by atoms with van der Waals surface area (Å²) in [6.45, 7) is 2.62.